The molecule has 0 radical (unpaired) electrons. The van der Waals surface area contributed by atoms with Gasteiger partial charge in [-0.25, -0.2) is 4.98 Å². The van der Waals surface area contributed by atoms with Crippen LogP contribution in [0.1, 0.15) is 16.7 Å². The molecular weight excluding hydrogens is 452 g/mol. The normalized spacial score (nSPS) is 12.3. The molecule has 0 unspecified atom stereocenters. The number of nitrogens with zero attached hydrogens (tertiary/aromatic N) is 3. The monoisotopic (exact) mass is 470 g/mol. The highest BCUT2D eigenvalue weighted by atomic mass is 32.2. The van der Waals surface area contributed by atoms with Gasteiger partial charge in [-0.1, -0.05) is 60.3 Å². The minimum absolute atomic E-state index is 0.0651. The molecule has 1 aliphatic rings. The molecule has 168 valence electrons. The van der Waals surface area contributed by atoms with Gasteiger partial charge in [0.05, 0.1) is 10.7 Å². The van der Waals surface area contributed by atoms with Crippen molar-refractivity contribution in [1.29, 1.82) is 0 Å². The Bertz CT molecular complexity index is 1450. The van der Waals surface area contributed by atoms with Crippen LogP contribution >= 0.6 is 11.8 Å². The fraction of sp³-hybridized carbons (Fsp3) is 0.0800. The lowest BCUT2D eigenvalue weighted by atomic mass is 9.98. The summed E-state index contributed by atoms with van der Waals surface area (Å²) >= 11 is 0.974. The number of nitro groups is 1. The summed E-state index contributed by atoms with van der Waals surface area (Å²) in [6.07, 6.45) is 3.00. The van der Waals surface area contributed by atoms with Gasteiger partial charge in [0.1, 0.15) is 0 Å². The number of aromatic amines is 1. The van der Waals surface area contributed by atoms with Gasteiger partial charge in [-0.3, -0.25) is 20.0 Å². The maximum atomic E-state index is 11.6. The molecule has 0 spiro atoms. The minimum atomic E-state index is -0.977. The molecule has 0 saturated heterocycles. The SMILES string of the molecule is O=C(O)CSc1n[nH]c(-c2cc(-c3ccc4c(c3)C=C(c3ccccc3)C4)cc([N+](=O)[O-])c2)n1. The summed E-state index contributed by atoms with van der Waals surface area (Å²) in [6.45, 7) is 0. The number of hydrogen-bond donors (Lipinski definition) is 2. The van der Waals surface area contributed by atoms with E-state index >= 15 is 0 Å². The third kappa shape index (κ3) is 4.46. The van der Waals surface area contributed by atoms with Crippen LogP contribution in [0.4, 0.5) is 5.69 Å². The van der Waals surface area contributed by atoms with E-state index in [1.165, 1.54) is 22.8 Å². The molecule has 0 bridgehead atoms. The zero-order chi connectivity index (χ0) is 23.7. The van der Waals surface area contributed by atoms with Crippen LogP contribution in [0.3, 0.4) is 0 Å². The Morgan fingerprint density at radius 3 is 2.59 bits per heavy atom. The molecule has 1 aromatic heterocycles. The van der Waals surface area contributed by atoms with Gasteiger partial charge in [0.25, 0.3) is 5.69 Å². The first-order valence-corrected chi connectivity index (χ1v) is 11.4. The van der Waals surface area contributed by atoms with Crippen LogP contribution in [0.25, 0.3) is 34.2 Å². The van der Waals surface area contributed by atoms with Gasteiger partial charge < -0.3 is 5.11 Å². The predicted octanol–water partition coefficient (Wildman–Crippen LogP) is 5.32. The molecule has 0 atom stereocenters. The predicted molar refractivity (Wildman–Crippen MR) is 130 cm³/mol. The highest BCUT2D eigenvalue weighted by Gasteiger charge is 2.18. The van der Waals surface area contributed by atoms with Crippen LogP contribution in [0.5, 0.6) is 0 Å². The van der Waals surface area contributed by atoms with Crippen molar-refractivity contribution in [3.8, 4) is 22.5 Å². The summed E-state index contributed by atoms with van der Waals surface area (Å²) in [7, 11) is 0. The topological polar surface area (TPSA) is 122 Å². The average molecular weight is 471 g/mol. The van der Waals surface area contributed by atoms with Crippen molar-refractivity contribution in [3.05, 3.63) is 93.5 Å². The Morgan fingerprint density at radius 1 is 1.03 bits per heavy atom. The number of carboxylic acids is 1. The van der Waals surface area contributed by atoms with Crippen LogP contribution in [0, 0.1) is 10.1 Å². The van der Waals surface area contributed by atoms with E-state index in [-0.39, 0.29) is 16.6 Å². The van der Waals surface area contributed by atoms with E-state index in [0.717, 1.165) is 29.3 Å². The molecule has 1 heterocycles. The lowest BCUT2D eigenvalue weighted by molar-refractivity contribution is -0.384. The maximum Gasteiger partial charge on any atom is 0.313 e. The van der Waals surface area contributed by atoms with E-state index in [1.54, 1.807) is 6.07 Å². The third-order valence-electron chi connectivity index (χ3n) is 5.53. The number of thioether (sulfide) groups is 1. The number of carboxylic acid groups (broad SMARTS) is 1. The number of benzene rings is 3. The summed E-state index contributed by atoms with van der Waals surface area (Å²) in [5, 5.41) is 27.5. The van der Waals surface area contributed by atoms with Gasteiger partial charge in [-0.05, 0) is 51.9 Å². The van der Waals surface area contributed by atoms with E-state index in [1.807, 2.05) is 36.4 Å². The molecule has 5 rings (SSSR count). The molecule has 0 saturated carbocycles. The van der Waals surface area contributed by atoms with Crippen LogP contribution < -0.4 is 0 Å². The quantitative estimate of drug-likeness (QED) is 0.213. The van der Waals surface area contributed by atoms with E-state index in [4.69, 9.17) is 5.11 Å². The number of rotatable bonds is 7. The van der Waals surface area contributed by atoms with Crippen molar-refractivity contribution < 1.29 is 14.8 Å². The molecule has 0 amide bonds. The number of non-ortho nitro benzene ring substituents is 1. The number of nitro benzene ring substituents is 1. The van der Waals surface area contributed by atoms with Crippen molar-refractivity contribution in [2.24, 2.45) is 0 Å². The van der Waals surface area contributed by atoms with Crippen LogP contribution in [0.15, 0.2) is 71.9 Å². The largest absolute Gasteiger partial charge is 0.481 e. The van der Waals surface area contributed by atoms with Crippen LogP contribution in [-0.2, 0) is 11.2 Å². The molecule has 34 heavy (non-hydrogen) atoms. The second kappa shape index (κ2) is 8.95. The number of aromatic nitrogens is 3. The van der Waals surface area contributed by atoms with Gasteiger partial charge >= 0.3 is 5.97 Å². The molecule has 4 aromatic rings. The Kier molecular flexibility index (Phi) is 5.69. The molecule has 9 heteroatoms. The fourth-order valence-corrected chi connectivity index (χ4v) is 4.46. The molecule has 0 fully saturated rings. The molecular formula is C25H18N4O4S. The zero-order valence-corrected chi connectivity index (χ0v) is 18.6. The van der Waals surface area contributed by atoms with E-state index in [9.17, 15) is 14.9 Å². The Balaban J connectivity index is 1.50. The number of carbonyl (C=O) groups is 1. The molecule has 8 nitrogen and oxygen atoms in total. The number of fused-ring (bicyclic) bond motifs is 1. The van der Waals surface area contributed by atoms with Crippen molar-refractivity contribution in [2.45, 2.75) is 11.6 Å². The fourth-order valence-electron chi connectivity index (χ4n) is 3.94. The van der Waals surface area contributed by atoms with Crippen molar-refractivity contribution >= 4 is 35.1 Å². The number of aliphatic carboxylic acids is 1. The van der Waals surface area contributed by atoms with Crippen LogP contribution in [0.2, 0.25) is 0 Å². The van der Waals surface area contributed by atoms with Gasteiger partial charge in [0.2, 0.25) is 5.16 Å². The summed E-state index contributed by atoms with van der Waals surface area (Å²) < 4.78 is 0. The first-order valence-electron chi connectivity index (χ1n) is 10.4. The van der Waals surface area contributed by atoms with E-state index < -0.39 is 10.9 Å². The van der Waals surface area contributed by atoms with Crippen molar-refractivity contribution in [1.82, 2.24) is 15.2 Å². The lowest BCUT2D eigenvalue weighted by Crippen LogP contribution is -1.97. The van der Waals surface area contributed by atoms with Crippen molar-refractivity contribution in [3.63, 3.8) is 0 Å². The van der Waals surface area contributed by atoms with E-state index in [0.29, 0.717) is 17.0 Å². The first-order chi connectivity index (χ1) is 16.5. The van der Waals surface area contributed by atoms with Gasteiger partial charge in [0, 0.05) is 17.7 Å². The number of hydrogen-bond acceptors (Lipinski definition) is 6. The highest BCUT2D eigenvalue weighted by molar-refractivity contribution is 7.99. The number of allylic oxidation sites excluding steroid dienone is 1. The smallest absolute Gasteiger partial charge is 0.313 e. The summed E-state index contributed by atoms with van der Waals surface area (Å²) in [6, 6.07) is 21.1. The van der Waals surface area contributed by atoms with Crippen molar-refractivity contribution in [2.75, 3.05) is 5.75 Å². The Hall–Kier alpha value is -4.24. The molecule has 2 N–H and O–H groups in total. The summed E-state index contributed by atoms with van der Waals surface area (Å²) in [4.78, 5) is 26.3. The Morgan fingerprint density at radius 2 is 1.82 bits per heavy atom. The van der Waals surface area contributed by atoms with Gasteiger partial charge in [0.15, 0.2) is 5.82 Å². The summed E-state index contributed by atoms with van der Waals surface area (Å²) in [5.74, 6) is -0.814. The second-order valence-corrected chi connectivity index (χ2v) is 8.74. The number of nitrogens with one attached hydrogen (secondary N) is 1. The average Bonchev–Trinajstić information content (AvgIpc) is 3.50. The standard InChI is InChI=1S/C25H18N4O4S/c30-23(31)14-34-25-26-24(27-28-25)21-11-20(12-22(13-21)29(32)33)17-7-6-16-8-18(10-19(16)9-17)15-4-2-1-3-5-15/h1-7,9-13H,8,14H2,(H,30,31)(H,26,27,28). The third-order valence-corrected chi connectivity index (χ3v) is 6.36. The molecule has 3 aromatic carbocycles. The minimum Gasteiger partial charge on any atom is -0.481 e. The molecule has 1 aliphatic carbocycles. The van der Waals surface area contributed by atoms with E-state index in [2.05, 4.69) is 39.5 Å². The highest BCUT2D eigenvalue weighted by Crippen LogP contribution is 2.36. The maximum absolute atomic E-state index is 11.6. The first kappa shape index (κ1) is 21.6. The Labute approximate surface area is 198 Å². The number of H-pyrrole nitrogens is 1. The lowest BCUT2D eigenvalue weighted by Gasteiger charge is -2.07. The molecule has 0 aliphatic heterocycles. The van der Waals surface area contributed by atoms with Gasteiger partial charge in [-0.15, -0.1) is 5.10 Å². The second-order valence-electron chi connectivity index (χ2n) is 7.80. The van der Waals surface area contributed by atoms with Crippen LogP contribution in [-0.4, -0.2) is 36.9 Å². The zero-order valence-electron chi connectivity index (χ0n) is 17.8. The summed E-state index contributed by atoms with van der Waals surface area (Å²) in [5.41, 5.74) is 6.70. The van der Waals surface area contributed by atoms with Gasteiger partial charge in [-0.2, -0.15) is 0 Å².